The quantitative estimate of drug-likeness (QED) is 0.491. The number of halogens is 1. The number of carbonyl (C=O) groups excluding carboxylic acids is 1. The van der Waals surface area contributed by atoms with Crippen molar-refractivity contribution in [2.75, 3.05) is 64.2 Å². The summed E-state index contributed by atoms with van der Waals surface area (Å²) in [6.45, 7) is 11.2. The molecule has 3 aliphatic heterocycles. The van der Waals surface area contributed by atoms with Crippen molar-refractivity contribution in [2.45, 2.75) is 25.9 Å². The second-order valence-corrected chi connectivity index (χ2v) is 10.6. The number of nitrogens with zero attached hydrogens (tertiary/aromatic N) is 7. The maximum absolute atomic E-state index is 15.2. The summed E-state index contributed by atoms with van der Waals surface area (Å²) in [4.78, 5) is 19.0. The number of piperazine rings is 1. The van der Waals surface area contributed by atoms with Crippen LogP contribution < -0.4 is 10.6 Å². The Balaban J connectivity index is 1.19. The first kappa shape index (κ1) is 25.0. The fraction of sp³-hybridized carbons (Fsp3) is 0.519. The van der Waals surface area contributed by atoms with Crippen molar-refractivity contribution < 1.29 is 9.18 Å². The highest BCUT2D eigenvalue weighted by Gasteiger charge is 2.34. The Hall–Kier alpha value is -3.28. The van der Waals surface area contributed by atoms with Gasteiger partial charge in [0.25, 0.3) is 0 Å². The molecular weight excluding hydrogens is 485 g/mol. The predicted octanol–water partition coefficient (Wildman–Crippen LogP) is 1.83. The lowest BCUT2D eigenvalue weighted by atomic mass is 10.0. The smallest absolute Gasteiger partial charge is 0.219 e. The van der Waals surface area contributed by atoms with E-state index in [1.54, 1.807) is 23.9 Å². The third kappa shape index (κ3) is 5.05. The molecule has 2 fully saturated rings. The van der Waals surface area contributed by atoms with Crippen LogP contribution in [0.3, 0.4) is 0 Å². The Morgan fingerprint density at radius 2 is 1.92 bits per heavy atom. The minimum atomic E-state index is -0.350. The van der Waals surface area contributed by atoms with Gasteiger partial charge in [0.2, 0.25) is 5.91 Å². The lowest BCUT2D eigenvalue weighted by Crippen LogP contribution is -2.52. The highest BCUT2D eigenvalue weighted by Crippen LogP contribution is 2.34. The first-order chi connectivity index (χ1) is 18.4. The van der Waals surface area contributed by atoms with E-state index in [1.807, 2.05) is 24.2 Å². The van der Waals surface area contributed by atoms with Crippen molar-refractivity contribution in [2.24, 2.45) is 7.05 Å². The van der Waals surface area contributed by atoms with Gasteiger partial charge in [-0.1, -0.05) is 6.07 Å². The van der Waals surface area contributed by atoms with Gasteiger partial charge >= 0.3 is 0 Å². The Bertz CT molecular complexity index is 1310. The molecule has 1 aromatic carbocycles. The molecule has 0 spiro atoms. The van der Waals surface area contributed by atoms with Crippen molar-refractivity contribution in [3.63, 3.8) is 0 Å². The normalized spacial score (nSPS) is 18.9. The van der Waals surface area contributed by atoms with Gasteiger partial charge in [-0.05, 0) is 17.7 Å². The second kappa shape index (κ2) is 10.5. The average molecular weight is 522 g/mol. The zero-order valence-electron chi connectivity index (χ0n) is 22.2. The molecule has 3 aliphatic rings. The largest absolute Gasteiger partial charge is 0.338 e. The molecule has 2 N–H and O–H groups in total. The Morgan fingerprint density at radius 3 is 2.63 bits per heavy atom. The molecule has 202 valence electrons. The van der Waals surface area contributed by atoms with E-state index in [0.29, 0.717) is 30.6 Å². The fourth-order valence-electron chi connectivity index (χ4n) is 5.71. The molecule has 2 saturated heterocycles. The maximum Gasteiger partial charge on any atom is 0.219 e. The summed E-state index contributed by atoms with van der Waals surface area (Å²) in [5.41, 5.74) is 4.15. The van der Waals surface area contributed by atoms with Gasteiger partial charge in [-0.3, -0.25) is 24.0 Å². The van der Waals surface area contributed by atoms with Crippen LogP contribution in [0.25, 0.3) is 11.1 Å². The summed E-state index contributed by atoms with van der Waals surface area (Å²) in [5, 5.41) is 15.8. The van der Waals surface area contributed by atoms with Gasteiger partial charge in [-0.25, -0.2) is 4.39 Å². The van der Waals surface area contributed by atoms with Crippen molar-refractivity contribution >= 4 is 17.4 Å². The number of fused-ring (bicyclic) bond motifs is 1. The van der Waals surface area contributed by atoms with Gasteiger partial charge < -0.3 is 15.5 Å². The van der Waals surface area contributed by atoms with Crippen LogP contribution in [0.1, 0.15) is 24.2 Å². The molecule has 38 heavy (non-hydrogen) atoms. The average Bonchev–Trinajstić information content (AvgIpc) is 3.48. The molecule has 10 nitrogen and oxygen atoms in total. The molecule has 0 unspecified atom stereocenters. The third-order valence-electron chi connectivity index (χ3n) is 8.02. The summed E-state index contributed by atoms with van der Waals surface area (Å²) in [5.74, 6) is 0.332. The number of likely N-dealkylation sites (tertiary alicyclic amines) is 1. The Kier molecular flexibility index (Phi) is 6.89. The van der Waals surface area contributed by atoms with E-state index in [9.17, 15) is 4.79 Å². The number of hydrogen-bond donors (Lipinski definition) is 2. The first-order valence-electron chi connectivity index (χ1n) is 13.5. The number of nitrogens with one attached hydrogen (secondary N) is 2. The lowest BCUT2D eigenvalue weighted by Gasteiger charge is -2.41. The van der Waals surface area contributed by atoms with Crippen molar-refractivity contribution in [1.29, 1.82) is 0 Å². The molecule has 1 amide bonds. The minimum absolute atomic E-state index is 0.0455. The molecule has 0 atom stereocenters. The maximum atomic E-state index is 15.2. The number of carbonyl (C=O) groups is 1. The van der Waals surface area contributed by atoms with Crippen LogP contribution in [0.5, 0.6) is 0 Å². The zero-order chi connectivity index (χ0) is 26.2. The van der Waals surface area contributed by atoms with Crippen LogP contribution in [0, 0.1) is 5.82 Å². The number of amides is 1. The SMILES string of the molecule is CC(=O)N1CCc2c(c(Nc3ccc(-c4cnn(C)c4)cc3F)nn2C2CN(CCN3CCNCC3)C2)C1. The van der Waals surface area contributed by atoms with Gasteiger partial charge in [-0.15, -0.1) is 0 Å². The van der Waals surface area contributed by atoms with E-state index in [2.05, 4.69) is 30.2 Å². The number of anilines is 2. The first-order valence-corrected chi connectivity index (χ1v) is 13.5. The van der Waals surface area contributed by atoms with Crippen molar-refractivity contribution in [3.05, 3.63) is 47.7 Å². The summed E-state index contributed by atoms with van der Waals surface area (Å²) < 4.78 is 19.0. The number of hydrogen-bond acceptors (Lipinski definition) is 7. The van der Waals surface area contributed by atoms with Crippen LogP contribution in [0.2, 0.25) is 0 Å². The van der Waals surface area contributed by atoms with E-state index in [0.717, 1.165) is 81.2 Å². The lowest BCUT2D eigenvalue weighted by molar-refractivity contribution is -0.129. The topological polar surface area (TPSA) is 86.5 Å². The number of aryl methyl sites for hydroxylation is 1. The second-order valence-electron chi connectivity index (χ2n) is 10.6. The van der Waals surface area contributed by atoms with E-state index < -0.39 is 0 Å². The van der Waals surface area contributed by atoms with Gasteiger partial charge in [0, 0.05) is 102 Å². The molecule has 6 rings (SSSR count). The molecule has 5 heterocycles. The molecule has 0 saturated carbocycles. The molecule has 0 radical (unpaired) electrons. The van der Waals surface area contributed by atoms with E-state index in [4.69, 9.17) is 5.10 Å². The van der Waals surface area contributed by atoms with Crippen LogP contribution in [0.15, 0.2) is 30.6 Å². The number of benzene rings is 1. The molecule has 3 aromatic rings. The fourth-order valence-corrected chi connectivity index (χ4v) is 5.71. The predicted molar refractivity (Wildman–Crippen MR) is 144 cm³/mol. The van der Waals surface area contributed by atoms with Crippen LogP contribution in [0.4, 0.5) is 15.9 Å². The minimum Gasteiger partial charge on any atom is -0.338 e. The summed E-state index contributed by atoms with van der Waals surface area (Å²) in [7, 11) is 1.84. The highest BCUT2D eigenvalue weighted by atomic mass is 19.1. The van der Waals surface area contributed by atoms with E-state index in [-0.39, 0.29) is 11.7 Å². The van der Waals surface area contributed by atoms with Crippen LogP contribution >= 0.6 is 0 Å². The third-order valence-corrected chi connectivity index (χ3v) is 8.02. The van der Waals surface area contributed by atoms with Gasteiger partial charge in [-0.2, -0.15) is 10.2 Å². The van der Waals surface area contributed by atoms with Crippen molar-refractivity contribution in [1.82, 2.24) is 39.6 Å². The monoisotopic (exact) mass is 521 g/mol. The molecule has 0 bridgehead atoms. The number of rotatable bonds is 7. The highest BCUT2D eigenvalue weighted by molar-refractivity contribution is 5.74. The Labute approximate surface area is 222 Å². The summed E-state index contributed by atoms with van der Waals surface area (Å²) in [6.07, 6.45) is 4.34. The summed E-state index contributed by atoms with van der Waals surface area (Å²) >= 11 is 0. The molecule has 2 aromatic heterocycles. The van der Waals surface area contributed by atoms with Crippen LogP contribution in [-0.4, -0.2) is 99.1 Å². The van der Waals surface area contributed by atoms with Gasteiger partial charge in [0.1, 0.15) is 5.82 Å². The van der Waals surface area contributed by atoms with Gasteiger partial charge in [0.15, 0.2) is 5.82 Å². The molecular formula is C27H36FN9O. The van der Waals surface area contributed by atoms with Gasteiger partial charge in [0.05, 0.1) is 24.5 Å². The van der Waals surface area contributed by atoms with Crippen molar-refractivity contribution in [3.8, 4) is 11.1 Å². The zero-order valence-corrected chi connectivity index (χ0v) is 22.2. The Morgan fingerprint density at radius 1 is 1.13 bits per heavy atom. The summed E-state index contributed by atoms with van der Waals surface area (Å²) in [6, 6.07) is 5.45. The van der Waals surface area contributed by atoms with E-state index >= 15 is 4.39 Å². The van der Waals surface area contributed by atoms with Crippen LogP contribution in [-0.2, 0) is 24.8 Å². The standard InChI is InChI=1S/C27H36FN9O/c1-19(38)36-8-5-26-23(18-36)27(31-25-4-3-20(13-24(25)28)21-14-30-33(2)15-21)32-37(26)22-16-35(17-22)12-11-34-9-6-29-7-10-34/h3-4,13-15,22,29H,5-12,16-18H2,1-2H3,(H,31,32). The molecule has 11 heteroatoms. The number of aromatic nitrogens is 4. The van der Waals surface area contributed by atoms with E-state index in [1.165, 1.54) is 6.07 Å². The molecule has 0 aliphatic carbocycles.